The van der Waals surface area contributed by atoms with Gasteiger partial charge in [0.25, 0.3) is 0 Å². The van der Waals surface area contributed by atoms with Crippen LogP contribution in [0, 0.1) is 0 Å². The highest BCUT2D eigenvalue weighted by atomic mass is 32.1. The number of carbonyl (C=O) groups excluding carboxylic acids is 1. The van der Waals surface area contributed by atoms with Crippen LogP contribution in [0.1, 0.15) is 5.69 Å². The Kier molecular flexibility index (Phi) is 5.02. The lowest BCUT2D eigenvalue weighted by Crippen LogP contribution is -2.15. The quantitative estimate of drug-likeness (QED) is 0.640. The maximum atomic E-state index is 11.2. The highest BCUT2D eigenvalue weighted by Gasteiger charge is 2.06. The van der Waals surface area contributed by atoms with Crippen molar-refractivity contribution < 1.29 is 9.90 Å². The van der Waals surface area contributed by atoms with Crippen molar-refractivity contribution in [3.63, 3.8) is 0 Å². The van der Waals surface area contributed by atoms with Gasteiger partial charge in [-0.15, -0.1) is 22.7 Å². The molecule has 23 heavy (non-hydrogen) atoms. The second kappa shape index (κ2) is 7.36. The molecule has 0 unspecified atom stereocenters. The van der Waals surface area contributed by atoms with Crippen LogP contribution in [0.25, 0.3) is 9.88 Å². The number of thiazole rings is 1. The molecule has 0 atom stereocenters. The molecule has 0 fully saturated rings. The summed E-state index contributed by atoms with van der Waals surface area (Å²) in [5.74, 6) is -0.428. The van der Waals surface area contributed by atoms with E-state index in [-0.39, 0.29) is 0 Å². The molecule has 0 saturated heterocycles. The third-order valence-corrected chi connectivity index (χ3v) is 4.98. The molecule has 0 aliphatic carbocycles. The zero-order valence-corrected chi connectivity index (χ0v) is 13.8. The Balaban J connectivity index is 1.62. The van der Waals surface area contributed by atoms with Crippen molar-refractivity contribution in [3.05, 3.63) is 52.9 Å². The van der Waals surface area contributed by atoms with E-state index in [4.69, 9.17) is 5.11 Å². The smallest absolute Gasteiger partial charge is 0.250 e. The molecule has 0 spiro atoms. The van der Waals surface area contributed by atoms with E-state index in [9.17, 15) is 4.79 Å². The summed E-state index contributed by atoms with van der Waals surface area (Å²) in [5, 5.41) is 19.8. The van der Waals surface area contributed by atoms with Crippen LogP contribution in [0.4, 0.5) is 11.4 Å². The van der Waals surface area contributed by atoms with Crippen LogP contribution < -0.4 is 10.6 Å². The molecule has 1 aromatic carbocycles. The molecule has 0 saturated carbocycles. The molecule has 0 radical (unpaired) electrons. The van der Waals surface area contributed by atoms with Crippen molar-refractivity contribution in [2.24, 2.45) is 0 Å². The molecule has 2 heterocycles. The molecule has 7 heteroatoms. The van der Waals surface area contributed by atoms with Crippen molar-refractivity contribution in [3.8, 4) is 9.88 Å². The zero-order valence-electron chi connectivity index (χ0n) is 12.2. The lowest BCUT2D eigenvalue weighted by Gasteiger charge is -2.08. The largest absolute Gasteiger partial charge is 0.387 e. The van der Waals surface area contributed by atoms with Crippen LogP contribution in [0.2, 0.25) is 0 Å². The fraction of sp³-hybridized carbons (Fsp3) is 0.125. The van der Waals surface area contributed by atoms with Gasteiger partial charge in [-0.05, 0) is 29.6 Å². The highest BCUT2D eigenvalue weighted by Crippen LogP contribution is 2.28. The zero-order chi connectivity index (χ0) is 16.1. The number of benzene rings is 1. The first-order valence-corrected chi connectivity index (χ1v) is 8.73. The lowest BCUT2D eigenvalue weighted by atomic mass is 10.2. The lowest BCUT2D eigenvalue weighted by molar-refractivity contribution is -0.118. The Morgan fingerprint density at radius 2 is 2.04 bits per heavy atom. The predicted molar refractivity (Wildman–Crippen MR) is 94.9 cm³/mol. The van der Waals surface area contributed by atoms with Gasteiger partial charge in [-0.2, -0.15) is 0 Å². The van der Waals surface area contributed by atoms with E-state index in [1.54, 1.807) is 28.7 Å². The molecule has 0 aliphatic rings. The van der Waals surface area contributed by atoms with Gasteiger partial charge >= 0.3 is 0 Å². The topological polar surface area (TPSA) is 74.2 Å². The highest BCUT2D eigenvalue weighted by molar-refractivity contribution is 7.20. The summed E-state index contributed by atoms with van der Waals surface area (Å²) in [6, 6.07) is 11.4. The summed E-state index contributed by atoms with van der Waals surface area (Å²) in [6.45, 7) is 0.0846. The molecule has 3 rings (SSSR count). The standard InChI is InChI=1S/C16H15N3O2S2/c20-9-15(21)18-12-4-1-3-11(7-12)17-8-13-10-23-16(19-13)14-5-2-6-22-14/h1-7,10,17,20H,8-9H2,(H,18,21). The summed E-state index contributed by atoms with van der Waals surface area (Å²) in [6.07, 6.45) is 0. The van der Waals surface area contributed by atoms with Crippen LogP contribution in [0.15, 0.2) is 47.2 Å². The molecule has 3 aromatic rings. The van der Waals surface area contributed by atoms with Crippen molar-refractivity contribution in [2.75, 3.05) is 17.2 Å². The molecule has 0 aliphatic heterocycles. The Morgan fingerprint density at radius 3 is 2.83 bits per heavy atom. The van der Waals surface area contributed by atoms with Crippen molar-refractivity contribution in [2.45, 2.75) is 6.54 Å². The van der Waals surface area contributed by atoms with E-state index in [0.717, 1.165) is 16.4 Å². The number of nitrogens with zero attached hydrogens (tertiary/aromatic N) is 1. The maximum Gasteiger partial charge on any atom is 0.250 e. The molecule has 1 amide bonds. The van der Waals surface area contributed by atoms with Gasteiger partial charge < -0.3 is 15.7 Å². The van der Waals surface area contributed by atoms with Crippen LogP contribution in [-0.2, 0) is 11.3 Å². The molecule has 3 N–H and O–H groups in total. The summed E-state index contributed by atoms with van der Waals surface area (Å²) in [4.78, 5) is 17.0. The Hall–Kier alpha value is -2.22. The van der Waals surface area contributed by atoms with Crippen LogP contribution in [-0.4, -0.2) is 22.6 Å². The van der Waals surface area contributed by atoms with Gasteiger partial charge in [-0.3, -0.25) is 4.79 Å². The van der Waals surface area contributed by atoms with Crippen LogP contribution in [0.3, 0.4) is 0 Å². The number of rotatable bonds is 6. The number of hydrogen-bond donors (Lipinski definition) is 3. The van der Waals surface area contributed by atoms with Gasteiger partial charge in [-0.25, -0.2) is 4.98 Å². The Morgan fingerprint density at radius 1 is 1.17 bits per heavy atom. The molecule has 0 bridgehead atoms. The fourth-order valence-corrected chi connectivity index (χ4v) is 3.64. The van der Waals surface area contributed by atoms with Crippen molar-refractivity contribution in [1.82, 2.24) is 4.98 Å². The normalized spacial score (nSPS) is 10.5. The van der Waals surface area contributed by atoms with Crippen LogP contribution in [0.5, 0.6) is 0 Å². The molecule has 2 aromatic heterocycles. The van der Waals surface area contributed by atoms with Gasteiger partial charge in [0, 0.05) is 16.8 Å². The maximum absolute atomic E-state index is 11.2. The second-order valence-corrected chi connectivity index (χ2v) is 6.57. The van der Waals surface area contributed by atoms with E-state index < -0.39 is 12.5 Å². The molecular formula is C16H15N3O2S2. The van der Waals surface area contributed by atoms with Gasteiger partial charge in [0.1, 0.15) is 11.6 Å². The average molecular weight is 345 g/mol. The van der Waals surface area contributed by atoms with Gasteiger partial charge in [0.2, 0.25) is 5.91 Å². The van der Waals surface area contributed by atoms with Crippen LogP contribution >= 0.6 is 22.7 Å². The minimum Gasteiger partial charge on any atom is -0.387 e. The van der Waals surface area contributed by atoms with E-state index in [1.807, 2.05) is 35.0 Å². The summed E-state index contributed by atoms with van der Waals surface area (Å²) >= 11 is 3.31. The number of aromatic nitrogens is 1. The number of carbonyl (C=O) groups is 1. The third-order valence-electron chi connectivity index (χ3n) is 3.05. The van der Waals surface area contributed by atoms with Gasteiger partial charge in [-0.1, -0.05) is 12.1 Å². The van der Waals surface area contributed by atoms with Gasteiger partial charge in [0.05, 0.1) is 17.1 Å². The molecular weight excluding hydrogens is 330 g/mol. The Bertz CT molecular complexity index is 784. The van der Waals surface area contributed by atoms with E-state index in [2.05, 4.69) is 21.7 Å². The summed E-state index contributed by atoms with van der Waals surface area (Å²) in [5.41, 5.74) is 2.50. The average Bonchev–Trinajstić information content (AvgIpc) is 3.24. The number of aliphatic hydroxyl groups excluding tert-OH is 1. The Labute approximate surface area is 141 Å². The second-order valence-electron chi connectivity index (χ2n) is 4.76. The summed E-state index contributed by atoms with van der Waals surface area (Å²) in [7, 11) is 0. The number of hydrogen-bond acceptors (Lipinski definition) is 6. The minimum absolute atomic E-state index is 0.428. The first-order chi connectivity index (χ1) is 11.2. The monoisotopic (exact) mass is 345 g/mol. The van der Waals surface area contributed by atoms with E-state index in [0.29, 0.717) is 12.2 Å². The number of nitrogens with one attached hydrogen (secondary N) is 2. The fourth-order valence-electron chi connectivity index (χ4n) is 2.00. The third kappa shape index (κ3) is 4.16. The first kappa shape index (κ1) is 15.7. The molecule has 5 nitrogen and oxygen atoms in total. The van der Waals surface area contributed by atoms with Crippen molar-refractivity contribution >= 4 is 40.0 Å². The molecule has 118 valence electrons. The number of anilines is 2. The van der Waals surface area contributed by atoms with Crippen molar-refractivity contribution in [1.29, 1.82) is 0 Å². The van der Waals surface area contributed by atoms with Gasteiger partial charge in [0.15, 0.2) is 0 Å². The number of amides is 1. The van der Waals surface area contributed by atoms with E-state index in [1.165, 1.54) is 4.88 Å². The number of thiophene rings is 1. The number of aliphatic hydroxyl groups is 1. The van der Waals surface area contributed by atoms with E-state index >= 15 is 0 Å². The first-order valence-electron chi connectivity index (χ1n) is 6.97. The minimum atomic E-state index is -0.526. The SMILES string of the molecule is O=C(CO)Nc1cccc(NCc2csc(-c3cccs3)n2)c1. The summed E-state index contributed by atoms with van der Waals surface area (Å²) < 4.78 is 0. The predicted octanol–water partition coefficient (Wildman–Crippen LogP) is 3.41.